The monoisotopic (exact) mass is 238 g/mol. The van der Waals surface area contributed by atoms with Gasteiger partial charge in [0.05, 0.1) is 19.3 Å². The highest BCUT2D eigenvalue weighted by molar-refractivity contribution is 5.22. The van der Waals surface area contributed by atoms with E-state index in [1.54, 1.807) is 19.5 Å². The van der Waals surface area contributed by atoms with E-state index in [1.807, 2.05) is 0 Å². The third kappa shape index (κ3) is 2.71. The maximum Gasteiger partial charge on any atom is 0.237 e. The van der Waals surface area contributed by atoms with Crippen LogP contribution in [0.5, 0.6) is 5.88 Å². The van der Waals surface area contributed by atoms with E-state index in [2.05, 4.69) is 15.4 Å². The van der Waals surface area contributed by atoms with Crippen molar-refractivity contribution in [2.45, 2.75) is 31.4 Å². The molecule has 3 N–H and O–H groups in total. The second-order valence-corrected chi connectivity index (χ2v) is 4.00. The second kappa shape index (κ2) is 5.90. The topological polar surface area (TPSA) is 82.3 Å². The van der Waals surface area contributed by atoms with E-state index in [0.717, 1.165) is 25.9 Å². The normalized spacial score (nSPS) is 22.1. The number of ether oxygens (including phenoxy) is 2. The Labute approximate surface area is 101 Å². The van der Waals surface area contributed by atoms with E-state index in [9.17, 15) is 0 Å². The van der Waals surface area contributed by atoms with Crippen molar-refractivity contribution in [2.75, 3.05) is 13.7 Å². The molecule has 94 valence electrons. The van der Waals surface area contributed by atoms with Gasteiger partial charge in [-0.15, -0.1) is 0 Å². The van der Waals surface area contributed by atoms with Crippen LogP contribution in [0, 0.1) is 0 Å². The molecular formula is C11H18N4O2. The summed E-state index contributed by atoms with van der Waals surface area (Å²) >= 11 is 0. The Bertz CT molecular complexity index is 355. The van der Waals surface area contributed by atoms with Crippen molar-refractivity contribution in [3.8, 4) is 5.88 Å². The van der Waals surface area contributed by atoms with Crippen LogP contribution in [-0.4, -0.2) is 29.8 Å². The lowest BCUT2D eigenvalue weighted by Crippen LogP contribution is -2.40. The predicted molar refractivity (Wildman–Crippen MR) is 62.2 cm³/mol. The molecule has 1 aromatic rings. The van der Waals surface area contributed by atoms with Crippen LogP contribution in [0.3, 0.4) is 0 Å². The lowest BCUT2D eigenvalue weighted by Gasteiger charge is -2.29. The van der Waals surface area contributed by atoms with Gasteiger partial charge in [-0.05, 0) is 19.3 Å². The molecule has 0 spiro atoms. The first-order valence-electron chi connectivity index (χ1n) is 5.79. The molecule has 0 aliphatic carbocycles. The first-order valence-corrected chi connectivity index (χ1v) is 5.79. The molecule has 17 heavy (non-hydrogen) atoms. The third-order valence-corrected chi connectivity index (χ3v) is 2.95. The Hall–Kier alpha value is -1.24. The summed E-state index contributed by atoms with van der Waals surface area (Å²) in [4.78, 5) is 8.41. The molecule has 0 bridgehead atoms. The van der Waals surface area contributed by atoms with Gasteiger partial charge < -0.3 is 9.47 Å². The SMILES string of the molecule is COc1nccnc1C(NN)C1CCCCO1. The number of methoxy groups -OCH3 is 1. The summed E-state index contributed by atoms with van der Waals surface area (Å²) < 4.78 is 10.9. The molecule has 0 radical (unpaired) electrons. The van der Waals surface area contributed by atoms with Crippen molar-refractivity contribution in [1.82, 2.24) is 15.4 Å². The van der Waals surface area contributed by atoms with Gasteiger partial charge in [-0.3, -0.25) is 10.8 Å². The van der Waals surface area contributed by atoms with Crippen molar-refractivity contribution in [2.24, 2.45) is 5.84 Å². The van der Waals surface area contributed by atoms with Crippen LogP contribution >= 0.6 is 0 Å². The predicted octanol–water partition coefficient (Wildman–Crippen LogP) is 0.559. The maximum atomic E-state index is 5.72. The van der Waals surface area contributed by atoms with Gasteiger partial charge in [0.2, 0.25) is 5.88 Å². The quantitative estimate of drug-likeness (QED) is 0.589. The molecule has 0 saturated carbocycles. The number of nitrogens with two attached hydrogens (primary N) is 1. The van der Waals surface area contributed by atoms with E-state index in [1.165, 1.54) is 0 Å². The Balaban J connectivity index is 2.21. The first kappa shape index (κ1) is 12.2. The van der Waals surface area contributed by atoms with Crippen LogP contribution in [0.4, 0.5) is 0 Å². The fourth-order valence-corrected chi connectivity index (χ4v) is 2.10. The van der Waals surface area contributed by atoms with E-state index in [-0.39, 0.29) is 12.1 Å². The third-order valence-electron chi connectivity index (χ3n) is 2.95. The highest BCUT2D eigenvalue weighted by Crippen LogP contribution is 2.28. The average molecular weight is 238 g/mol. The molecule has 2 atom stereocenters. The zero-order valence-corrected chi connectivity index (χ0v) is 9.93. The fraction of sp³-hybridized carbons (Fsp3) is 0.636. The molecule has 1 aromatic heterocycles. The number of hydrogen-bond acceptors (Lipinski definition) is 6. The zero-order chi connectivity index (χ0) is 12.1. The maximum absolute atomic E-state index is 5.72. The number of nitrogens with zero attached hydrogens (tertiary/aromatic N) is 2. The summed E-state index contributed by atoms with van der Waals surface area (Å²) in [5.74, 6) is 6.10. The largest absolute Gasteiger partial charge is 0.480 e. The van der Waals surface area contributed by atoms with Gasteiger partial charge in [0, 0.05) is 19.0 Å². The molecule has 0 amide bonds. The minimum atomic E-state index is -0.182. The van der Waals surface area contributed by atoms with Crippen molar-refractivity contribution >= 4 is 0 Å². The van der Waals surface area contributed by atoms with E-state index < -0.39 is 0 Å². The number of aromatic nitrogens is 2. The standard InChI is InChI=1S/C11H18N4O2/c1-16-11-10(13-5-6-14-11)9(15-12)8-4-2-3-7-17-8/h5-6,8-9,15H,2-4,7,12H2,1H3. The smallest absolute Gasteiger partial charge is 0.237 e. The van der Waals surface area contributed by atoms with Crippen LogP contribution in [0.15, 0.2) is 12.4 Å². The molecule has 1 aliphatic heterocycles. The molecule has 1 aliphatic rings. The molecule has 6 heteroatoms. The molecule has 2 heterocycles. The number of nitrogens with one attached hydrogen (secondary N) is 1. The second-order valence-electron chi connectivity index (χ2n) is 4.00. The van der Waals surface area contributed by atoms with Gasteiger partial charge in [0.25, 0.3) is 0 Å². The van der Waals surface area contributed by atoms with Gasteiger partial charge in [-0.1, -0.05) is 0 Å². The van der Waals surface area contributed by atoms with E-state index in [0.29, 0.717) is 11.6 Å². The zero-order valence-electron chi connectivity index (χ0n) is 9.93. The number of rotatable bonds is 4. The average Bonchev–Trinajstić information content (AvgIpc) is 2.41. The van der Waals surface area contributed by atoms with Crippen LogP contribution in [-0.2, 0) is 4.74 Å². The summed E-state index contributed by atoms with van der Waals surface area (Å²) in [6.45, 7) is 0.769. The summed E-state index contributed by atoms with van der Waals surface area (Å²) in [5.41, 5.74) is 3.45. The Kier molecular flexibility index (Phi) is 4.24. The van der Waals surface area contributed by atoms with Crippen LogP contribution in [0.25, 0.3) is 0 Å². The Morgan fingerprint density at radius 3 is 2.94 bits per heavy atom. The molecule has 2 unspecified atom stereocenters. The lowest BCUT2D eigenvalue weighted by molar-refractivity contribution is -0.00971. The lowest BCUT2D eigenvalue weighted by atomic mass is 10.00. The summed E-state index contributed by atoms with van der Waals surface area (Å²) in [6.07, 6.45) is 6.47. The molecule has 1 saturated heterocycles. The Morgan fingerprint density at radius 2 is 2.29 bits per heavy atom. The number of hydrazine groups is 1. The van der Waals surface area contributed by atoms with E-state index >= 15 is 0 Å². The minimum absolute atomic E-state index is 0.0272. The highest BCUT2D eigenvalue weighted by atomic mass is 16.5. The highest BCUT2D eigenvalue weighted by Gasteiger charge is 2.28. The van der Waals surface area contributed by atoms with Gasteiger partial charge in [-0.2, -0.15) is 0 Å². The van der Waals surface area contributed by atoms with Gasteiger partial charge >= 0.3 is 0 Å². The summed E-state index contributed by atoms with van der Waals surface area (Å²) in [6, 6.07) is -0.182. The summed E-state index contributed by atoms with van der Waals surface area (Å²) in [7, 11) is 1.57. The minimum Gasteiger partial charge on any atom is -0.480 e. The molecular weight excluding hydrogens is 220 g/mol. The molecule has 2 rings (SSSR count). The molecule has 0 aromatic carbocycles. The van der Waals surface area contributed by atoms with Crippen LogP contribution in [0.2, 0.25) is 0 Å². The van der Waals surface area contributed by atoms with E-state index in [4.69, 9.17) is 15.3 Å². The van der Waals surface area contributed by atoms with Crippen LogP contribution in [0.1, 0.15) is 31.0 Å². The fourth-order valence-electron chi connectivity index (χ4n) is 2.10. The molecule has 6 nitrogen and oxygen atoms in total. The molecule has 1 fully saturated rings. The van der Waals surface area contributed by atoms with Crippen molar-refractivity contribution in [3.63, 3.8) is 0 Å². The summed E-state index contributed by atoms with van der Waals surface area (Å²) in [5, 5.41) is 0. The number of hydrogen-bond donors (Lipinski definition) is 2. The van der Waals surface area contributed by atoms with Crippen molar-refractivity contribution < 1.29 is 9.47 Å². The van der Waals surface area contributed by atoms with Crippen molar-refractivity contribution in [1.29, 1.82) is 0 Å². The Morgan fingerprint density at radius 1 is 1.47 bits per heavy atom. The van der Waals surface area contributed by atoms with Crippen molar-refractivity contribution in [3.05, 3.63) is 18.1 Å². The van der Waals surface area contributed by atoms with Gasteiger partial charge in [0.1, 0.15) is 5.69 Å². The van der Waals surface area contributed by atoms with Gasteiger partial charge in [-0.25, -0.2) is 10.4 Å². The van der Waals surface area contributed by atoms with Crippen LogP contribution < -0.4 is 16.0 Å². The first-order chi connectivity index (χ1) is 8.36. The van der Waals surface area contributed by atoms with Gasteiger partial charge in [0.15, 0.2) is 0 Å².